The topological polar surface area (TPSA) is 67.2 Å². The van der Waals surface area contributed by atoms with Crippen molar-refractivity contribution < 1.29 is 4.79 Å². The largest absolute Gasteiger partial charge is 0.351 e. The van der Waals surface area contributed by atoms with Crippen LogP contribution >= 0.6 is 0 Å². The Balaban J connectivity index is 1.36. The van der Waals surface area contributed by atoms with Gasteiger partial charge in [0.05, 0.1) is 5.69 Å². The van der Waals surface area contributed by atoms with E-state index in [1.54, 1.807) is 13.0 Å². The molecule has 1 aliphatic heterocycles. The lowest BCUT2D eigenvalue weighted by Gasteiger charge is -2.33. The summed E-state index contributed by atoms with van der Waals surface area (Å²) in [5.74, 6) is -0.165. The number of nitrogens with zero attached hydrogens (tertiary/aromatic N) is 3. The standard InChI is InChI=1S/C25H28N4O2/c1-19(29-24(30)13-12-23(27-29)21-10-6-3-7-11-21)25(31)26-22-14-16-28(17-15-22)18-20-8-4-2-5-9-20/h2-13,19,22H,14-18H2,1H3,(H,26,31). The molecule has 160 valence electrons. The van der Waals surface area contributed by atoms with Gasteiger partial charge < -0.3 is 5.32 Å². The van der Waals surface area contributed by atoms with Gasteiger partial charge >= 0.3 is 0 Å². The Morgan fingerprint density at radius 2 is 1.65 bits per heavy atom. The van der Waals surface area contributed by atoms with Gasteiger partial charge in [0, 0.05) is 37.3 Å². The summed E-state index contributed by atoms with van der Waals surface area (Å²) in [6.45, 7) is 4.54. The molecule has 1 N–H and O–H groups in total. The summed E-state index contributed by atoms with van der Waals surface area (Å²) in [5.41, 5.74) is 2.62. The summed E-state index contributed by atoms with van der Waals surface area (Å²) in [6.07, 6.45) is 1.80. The number of carbonyl (C=O) groups excluding carboxylic acids is 1. The van der Waals surface area contributed by atoms with Gasteiger partial charge in [-0.05, 0) is 31.4 Å². The van der Waals surface area contributed by atoms with E-state index in [1.165, 1.54) is 16.3 Å². The first-order chi connectivity index (χ1) is 15.1. The van der Waals surface area contributed by atoms with Crippen LogP contribution in [0.15, 0.2) is 77.6 Å². The zero-order chi connectivity index (χ0) is 21.6. The lowest BCUT2D eigenvalue weighted by atomic mass is 10.0. The summed E-state index contributed by atoms with van der Waals surface area (Å²) >= 11 is 0. The van der Waals surface area contributed by atoms with Crippen molar-refractivity contribution in [2.24, 2.45) is 0 Å². The Labute approximate surface area is 182 Å². The van der Waals surface area contributed by atoms with Crippen LogP contribution in [-0.4, -0.2) is 39.7 Å². The Bertz CT molecular complexity index is 1060. The molecule has 2 aromatic carbocycles. The lowest BCUT2D eigenvalue weighted by molar-refractivity contribution is -0.125. The lowest BCUT2D eigenvalue weighted by Crippen LogP contribution is -2.47. The van der Waals surface area contributed by atoms with Crippen molar-refractivity contribution in [1.29, 1.82) is 0 Å². The monoisotopic (exact) mass is 416 g/mol. The average Bonchev–Trinajstić information content (AvgIpc) is 2.81. The molecular formula is C25H28N4O2. The Morgan fingerprint density at radius 1 is 1.00 bits per heavy atom. The van der Waals surface area contributed by atoms with Crippen LogP contribution in [0.2, 0.25) is 0 Å². The van der Waals surface area contributed by atoms with Gasteiger partial charge in [0.15, 0.2) is 0 Å². The predicted octanol–water partition coefficient (Wildman–Crippen LogP) is 3.25. The normalized spacial score (nSPS) is 16.0. The van der Waals surface area contributed by atoms with Crippen LogP contribution in [0.1, 0.15) is 31.4 Å². The number of benzene rings is 2. The van der Waals surface area contributed by atoms with Crippen LogP contribution in [0.4, 0.5) is 0 Å². The summed E-state index contributed by atoms with van der Waals surface area (Å²) in [7, 11) is 0. The van der Waals surface area contributed by atoms with Crippen molar-refractivity contribution in [3.63, 3.8) is 0 Å². The second kappa shape index (κ2) is 9.71. The first-order valence-corrected chi connectivity index (χ1v) is 10.8. The van der Waals surface area contributed by atoms with Gasteiger partial charge in [-0.15, -0.1) is 0 Å². The third-order valence-electron chi connectivity index (χ3n) is 5.82. The van der Waals surface area contributed by atoms with Crippen LogP contribution < -0.4 is 10.9 Å². The molecule has 3 aromatic rings. The number of piperidine rings is 1. The van der Waals surface area contributed by atoms with Crippen molar-refractivity contribution in [3.05, 3.63) is 88.7 Å². The van der Waals surface area contributed by atoms with Gasteiger partial charge in [-0.1, -0.05) is 60.7 Å². The zero-order valence-electron chi connectivity index (χ0n) is 17.8. The van der Waals surface area contributed by atoms with Crippen LogP contribution in [-0.2, 0) is 11.3 Å². The van der Waals surface area contributed by atoms with E-state index in [0.717, 1.165) is 38.0 Å². The van der Waals surface area contributed by atoms with Crippen molar-refractivity contribution >= 4 is 5.91 Å². The molecule has 1 atom stereocenters. The Morgan fingerprint density at radius 3 is 2.32 bits per heavy atom. The SMILES string of the molecule is CC(C(=O)NC1CCN(Cc2ccccc2)CC1)n1nc(-c2ccccc2)ccc1=O. The van der Waals surface area contributed by atoms with Crippen LogP contribution in [0.25, 0.3) is 11.3 Å². The first kappa shape index (κ1) is 21.0. The smallest absolute Gasteiger partial charge is 0.267 e. The highest BCUT2D eigenvalue weighted by Gasteiger charge is 2.24. The molecule has 1 aliphatic rings. The molecule has 2 heterocycles. The van der Waals surface area contributed by atoms with E-state index in [-0.39, 0.29) is 17.5 Å². The number of nitrogens with one attached hydrogen (secondary N) is 1. The molecule has 1 unspecified atom stereocenters. The minimum Gasteiger partial charge on any atom is -0.351 e. The minimum atomic E-state index is -0.668. The van der Waals surface area contributed by atoms with Gasteiger partial charge in [0.25, 0.3) is 5.56 Å². The van der Waals surface area contributed by atoms with E-state index in [0.29, 0.717) is 5.69 Å². The summed E-state index contributed by atoms with van der Waals surface area (Å²) < 4.78 is 1.28. The molecule has 0 spiro atoms. The van der Waals surface area contributed by atoms with Gasteiger partial charge in [-0.25, -0.2) is 4.68 Å². The van der Waals surface area contributed by atoms with Gasteiger partial charge in [0.2, 0.25) is 5.91 Å². The van der Waals surface area contributed by atoms with Crippen LogP contribution in [0, 0.1) is 0 Å². The molecule has 1 aromatic heterocycles. The number of likely N-dealkylation sites (tertiary alicyclic amines) is 1. The van der Waals surface area contributed by atoms with E-state index >= 15 is 0 Å². The Hall–Kier alpha value is -3.25. The average molecular weight is 417 g/mol. The quantitative estimate of drug-likeness (QED) is 0.670. The minimum absolute atomic E-state index is 0.120. The number of aromatic nitrogens is 2. The maximum atomic E-state index is 12.9. The molecule has 1 amide bonds. The highest BCUT2D eigenvalue weighted by molar-refractivity contribution is 5.80. The van der Waals surface area contributed by atoms with E-state index in [4.69, 9.17) is 0 Å². The molecule has 6 heteroatoms. The van der Waals surface area contributed by atoms with Crippen molar-refractivity contribution in [2.45, 2.75) is 38.4 Å². The molecule has 4 rings (SSSR count). The number of amides is 1. The van der Waals surface area contributed by atoms with Crippen LogP contribution in [0.5, 0.6) is 0 Å². The second-order valence-corrected chi connectivity index (χ2v) is 8.09. The first-order valence-electron chi connectivity index (χ1n) is 10.8. The van der Waals surface area contributed by atoms with E-state index in [1.807, 2.05) is 36.4 Å². The number of hydrogen-bond donors (Lipinski definition) is 1. The third kappa shape index (κ3) is 5.27. The molecule has 1 saturated heterocycles. The summed E-state index contributed by atoms with van der Waals surface area (Å²) in [4.78, 5) is 27.6. The maximum absolute atomic E-state index is 12.9. The molecule has 0 bridgehead atoms. The summed E-state index contributed by atoms with van der Waals surface area (Å²) in [6, 6.07) is 22.7. The zero-order valence-corrected chi connectivity index (χ0v) is 17.8. The molecule has 0 aliphatic carbocycles. The second-order valence-electron chi connectivity index (χ2n) is 8.09. The van der Waals surface area contributed by atoms with Gasteiger partial charge in [-0.3, -0.25) is 14.5 Å². The van der Waals surface area contributed by atoms with E-state index in [9.17, 15) is 9.59 Å². The fourth-order valence-corrected chi connectivity index (χ4v) is 3.98. The maximum Gasteiger partial charge on any atom is 0.267 e. The van der Waals surface area contributed by atoms with Crippen molar-refractivity contribution in [3.8, 4) is 11.3 Å². The summed E-state index contributed by atoms with van der Waals surface area (Å²) in [5, 5.41) is 7.57. The van der Waals surface area contributed by atoms with Gasteiger partial charge in [0.1, 0.15) is 6.04 Å². The molecule has 31 heavy (non-hydrogen) atoms. The third-order valence-corrected chi connectivity index (χ3v) is 5.82. The predicted molar refractivity (Wildman–Crippen MR) is 122 cm³/mol. The Kier molecular flexibility index (Phi) is 6.57. The van der Waals surface area contributed by atoms with E-state index < -0.39 is 6.04 Å². The molecular weight excluding hydrogens is 388 g/mol. The molecule has 1 fully saturated rings. The highest BCUT2D eigenvalue weighted by Crippen LogP contribution is 2.17. The van der Waals surface area contributed by atoms with E-state index in [2.05, 4.69) is 39.6 Å². The molecule has 0 saturated carbocycles. The number of rotatable bonds is 6. The molecule has 6 nitrogen and oxygen atoms in total. The fraction of sp³-hybridized carbons (Fsp3) is 0.320. The van der Waals surface area contributed by atoms with Crippen molar-refractivity contribution in [1.82, 2.24) is 20.0 Å². The number of hydrogen-bond acceptors (Lipinski definition) is 4. The highest BCUT2D eigenvalue weighted by atomic mass is 16.2. The fourth-order valence-electron chi connectivity index (χ4n) is 3.98. The van der Waals surface area contributed by atoms with Crippen LogP contribution in [0.3, 0.4) is 0 Å². The van der Waals surface area contributed by atoms with Crippen molar-refractivity contribution in [2.75, 3.05) is 13.1 Å². The number of carbonyl (C=O) groups is 1. The molecule has 0 radical (unpaired) electrons. The van der Waals surface area contributed by atoms with Gasteiger partial charge in [-0.2, -0.15) is 5.10 Å².